The van der Waals surface area contributed by atoms with Crippen LogP contribution in [-0.2, 0) is 12.8 Å². The molecule has 5 nitrogen and oxygen atoms in total. The SMILES string of the molecule is O=c1[nH]c(NCCc2ccccc2)nnc1Cc1ccccc1. The molecule has 0 aliphatic rings. The molecule has 1 aromatic heterocycles. The van der Waals surface area contributed by atoms with Gasteiger partial charge in [-0.25, -0.2) is 0 Å². The number of H-pyrrole nitrogens is 1. The van der Waals surface area contributed by atoms with E-state index in [1.807, 2.05) is 48.5 Å². The van der Waals surface area contributed by atoms with Crippen molar-refractivity contribution in [2.24, 2.45) is 0 Å². The molecule has 2 aromatic carbocycles. The van der Waals surface area contributed by atoms with Gasteiger partial charge in [-0.1, -0.05) is 60.7 Å². The Bertz CT molecular complexity index is 800. The quantitative estimate of drug-likeness (QED) is 0.733. The topological polar surface area (TPSA) is 70.7 Å². The van der Waals surface area contributed by atoms with E-state index >= 15 is 0 Å². The Hall–Kier alpha value is -2.95. The number of hydrogen-bond donors (Lipinski definition) is 2. The number of anilines is 1. The van der Waals surface area contributed by atoms with Crippen LogP contribution in [0.4, 0.5) is 5.95 Å². The number of benzene rings is 2. The van der Waals surface area contributed by atoms with E-state index in [2.05, 4.69) is 32.6 Å². The van der Waals surface area contributed by atoms with Crippen molar-refractivity contribution in [1.29, 1.82) is 0 Å². The van der Waals surface area contributed by atoms with E-state index in [1.165, 1.54) is 5.56 Å². The predicted octanol–water partition coefficient (Wildman–Crippen LogP) is 2.41. The Labute approximate surface area is 134 Å². The van der Waals surface area contributed by atoms with Gasteiger partial charge in [-0.15, -0.1) is 10.2 Å². The third-order valence-corrected chi connectivity index (χ3v) is 3.53. The molecule has 3 rings (SSSR count). The summed E-state index contributed by atoms with van der Waals surface area (Å²) in [5.74, 6) is 0.405. The van der Waals surface area contributed by atoms with Crippen molar-refractivity contribution >= 4 is 5.95 Å². The van der Waals surface area contributed by atoms with Gasteiger partial charge in [0.2, 0.25) is 5.95 Å². The van der Waals surface area contributed by atoms with Crippen LogP contribution < -0.4 is 10.9 Å². The van der Waals surface area contributed by atoms with Gasteiger partial charge in [0.05, 0.1) is 0 Å². The Balaban J connectivity index is 1.60. The van der Waals surface area contributed by atoms with Crippen LogP contribution in [0.2, 0.25) is 0 Å². The first-order valence-electron chi connectivity index (χ1n) is 7.59. The lowest BCUT2D eigenvalue weighted by Crippen LogP contribution is -2.20. The van der Waals surface area contributed by atoms with Gasteiger partial charge in [0.25, 0.3) is 5.56 Å². The minimum atomic E-state index is -0.203. The first-order chi connectivity index (χ1) is 11.3. The average molecular weight is 306 g/mol. The van der Waals surface area contributed by atoms with Crippen LogP contribution in [-0.4, -0.2) is 21.7 Å². The molecule has 3 aromatic rings. The zero-order valence-electron chi connectivity index (χ0n) is 12.7. The number of nitrogens with zero attached hydrogens (tertiary/aromatic N) is 2. The number of aromatic amines is 1. The fourth-order valence-corrected chi connectivity index (χ4v) is 2.31. The van der Waals surface area contributed by atoms with Crippen LogP contribution in [0.25, 0.3) is 0 Å². The maximum atomic E-state index is 12.1. The maximum Gasteiger partial charge on any atom is 0.274 e. The standard InChI is InChI=1S/C18H18N4O/c23-17-16(13-15-9-5-2-6-10-15)21-22-18(20-17)19-12-11-14-7-3-1-4-8-14/h1-10H,11-13H2,(H2,19,20,22,23). The fraction of sp³-hybridized carbons (Fsp3) is 0.167. The molecule has 0 saturated heterocycles. The van der Waals surface area contributed by atoms with Crippen LogP contribution in [0.3, 0.4) is 0 Å². The number of nitrogens with one attached hydrogen (secondary N) is 2. The highest BCUT2D eigenvalue weighted by Gasteiger charge is 2.05. The molecule has 116 valence electrons. The maximum absolute atomic E-state index is 12.1. The van der Waals surface area contributed by atoms with E-state index < -0.39 is 0 Å². The Morgan fingerprint density at radius 3 is 2.17 bits per heavy atom. The van der Waals surface area contributed by atoms with Crippen LogP contribution in [0.15, 0.2) is 65.5 Å². The molecule has 0 atom stereocenters. The molecule has 2 N–H and O–H groups in total. The van der Waals surface area contributed by atoms with Gasteiger partial charge in [0.1, 0.15) is 5.69 Å². The first kappa shape index (κ1) is 15.0. The summed E-state index contributed by atoms with van der Waals surface area (Å²) in [7, 11) is 0. The average Bonchev–Trinajstić information content (AvgIpc) is 2.59. The molecule has 0 radical (unpaired) electrons. The van der Waals surface area contributed by atoms with E-state index in [9.17, 15) is 4.79 Å². The molecule has 0 amide bonds. The first-order valence-corrected chi connectivity index (χ1v) is 7.59. The molecule has 0 aliphatic carbocycles. The summed E-state index contributed by atoms with van der Waals surface area (Å²) < 4.78 is 0. The highest BCUT2D eigenvalue weighted by molar-refractivity contribution is 5.25. The third-order valence-electron chi connectivity index (χ3n) is 3.53. The lowest BCUT2D eigenvalue weighted by atomic mass is 10.1. The summed E-state index contributed by atoms with van der Waals surface area (Å²) in [4.78, 5) is 14.8. The van der Waals surface area contributed by atoms with Gasteiger partial charge in [-0.2, -0.15) is 0 Å². The van der Waals surface area contributed by atoms with E-state index in [1.54, 1.807) is 0 Å². The van der Waals surface area contributed by atoms with Crippen LogP contribution in [0.1, 0.15) is 16.8 Å². The molecule has 5 heteroatoms. The lowest BCUT2D eigenvalue weighted by Gasteiger charge is -2.05. The highest BCUT2D eigenvalue weighted by atomic mass is 16.1. The van der Waals surface area contributed by atoms with Gasteiger partial charge in [0, 0.05) is 13.0 Å². The number of rotatable bonds is 6. The van der Waals surface area contributed by atoms with Gasteiger partial charge < -0.3 is 5.32 Å². The Morgan fingerprint density at radius 1 is 0.870 bits per heavy atom. The van der Waals surface area contributed by atoms with Crippen molar-refractivity contribution in [3.63, 3.8) is 0 Å². The predicted molar refractivity (Wildman–Crippen MR) is 90.5 cm³/mol. The van der Waals surface area contributed by atoms with Gasteiger partial charge >= 0.3 is 0 Å². The summed E-state index contributed by atoms with van der Waals surface area (Å²) in [6.07, 6.45) is 1.34. The lowest BCUT2D eigenvalue weighted by molar-refractivity contribution is 0.855. The second-order valence-electron chi connectivity index (χ2n) is 5.27. The van der Waals surface area contributed by atoms with Crippen molar-refractivity contribution < 1.29 is 0 Å². The minimum Gasteiger partial charge on any atom is -0.354 e. The zero-order valence-corrected chi connectivity index (χ0v) is 12.7. The summed E-state index contributed by atoms with van der Waals surface area (Å²) >= 11 is 0. The molecule has 0 spiro atoms. The molecular formula is C18H18N4O. The van der Waals surface area contributed by atoms with Crippen molar-refractivity contribution in [1.82, 2.24) is 15.2 Å². The smallest absolute Gasteiger partial charge is 0.274 e. The number of aromatic nitrogens is 3. The molecule has 0 aliphatic heterocycles. The van der Waals surface area contributed by atoms with E-state index in [0.29, 0.717) is 24.6 Å². The van der Waals surface area contributed by atoms with E-state index in [0.717, 1.165) is 12.0 Å². The van der Waals surface area contributed by atoms with Crippen molar-refractivity contribution in [3.8, 4) is 0 Å². The van der Waals surface area contributed by atoms with Gasteiger partial charge in [-0.3, -0.25) is 9.78 Å². The van der Waals surface area contributed by atoms with Crippen molar-refractivity contribution in [2.75, 3.05) is 11.9 Å². The summed E-state index contributed by atoms with van der Waals surface area (Å²) in [6.45, 7) is 0.687. The molecule has 0 fully saturated rings. The van der Waals surface area contributed by atoms with Crippen molar-refractivity contribution in [3.05, 3.63) is 87.8 Å². The normalized spacial score (nSPS) is 10.4. The number of hydrogen-bond acceptors (Lipinski definition) is 4. The van der Waals surface area contributed by atoms with Crippen LogP contribution in [0, 0.1) is 0 Å². The second kappa shape index (κ2) is 7.35. The summed E-state index contributed by atoms with van der Waals surface area (Å²) in [5, 5.41) is 11.2. The summed E-state index contributed by atoms with van der Waals surface area (Å²) in [5.41, 5.74) is 2.49. The Morgan fingerprint density at radius 2 is 1.52 bits per heavy atom. The third kappa shape index (κ3) is 4.26. The van der Waals surface area contributed by atoms with Gasteiger partial charge in [-0.05, 0) is 17.5 Å². The molecule has 0 bridgehead atoms. The largest absolute Gasteiger partial charge is 0.354 e. The molecular weight excluding hydrogens is 288 g/mol. The molecule has 0 saturated carbocycles. The molecule has 0 unspecified atom stereocenters. The second-order valence-corrected chi connectivity index (χ2v) is 5.27. The minimum absolute atomic E-state index is 0.203. The van der Waals surface area contributed by atoms with Gasteiger partial charge in [0.15, 0.2) is 0 Å². The van der Waals surface area contributed by atoms with Crippen molar-refractivity contribution in [2.45, 2.75) is 12.8 Å². The summed E-state index contributed by atoms with van der Waals surface area (Å²) in [6, 6.07) is 19.9. The zero-order chi connectivity index (χ0) is 15.9. The van der Waals surface area contributed by atoms with E-state index in [4.69, 9.17) is 0 Å². The van der Waals surface area contributed by atoms with E-state index in [-0.39, 0.29) is 5.56 Å². The fourth-order valence-electron chi connectivity index (χ4n) is 2.31. The van der Waals surface area contributed by atoms with Crippen LogP contribution in [0.5, 0.6) is 0 Å². The van der Waals surface area contributed by atoms with Crippen LogP contribution >= 0.6 is 0 Å². The monoisotopic (exact) mass is 306 g/mol. The molecule has 1 heterocycles. The highest BCUT2D eigenvalue weighted by Crippen LogP contribution is 2.04. The Kier molecular flexibility index (Phi) is 4.79. The molecule has 23 heavy (non-hydrogen) atoms.